The number of hydrogen-bond donors (Lipinski definition) is 1. The van der Waals surface area contributed by atoms with Crippen molar-refractivity contribution in [3.8, 4) is 0 Å². The van der Waals surface area contributed by atoms with Gasteiger partial charge in [0, 0.05) is 43.9 Å². The minimum Gasteiger partial charge on any atom is -0.366 e. The average molecular weight is 332 g/mol. The van der Waals surface area contributed by atoms with Crippen molar-refractivity contribution >= 4 is 17.3 Å². The normalized spacial score (nSPS) is 20.6. The Labute approximate surface area is 141 Å². The number of anilines is 1. The third-order valence-corrected chi connectivity index (χ3v) is 4.94. The van der Waals surface area contributed by atoms with Crippen LogP contribution in [0.1, 0.15) is 36.0 Å². The lowest BCUT2D eigenvalue weighted by Crippen LogP contribution is -2.40. The van der Waals surface area contributed by atoms with E-state index in [0.29, 0.717) is 17.8 Å². The highest BCUT2D eigenvalue weighted by Gasteiger charge is 2.31. The van der Waals surface area contributed by atoms with Gasteiger partial charge < -0.3 is 15.1 Å². The molecule has 0 aliphatic carbocycles. The van der Waals surface area contributed by atoms with Crippen molar-refractivity contribution in [3.63, 3.8) is 0 Å². The number of likely N-dealkylation sites (N-methyl/N-ethyl adjacent to an activating group) is 1. The lowest BCUT2D eigenvalue weighted by molar-refractivity contribution is -0.384. The molecule has 0 aromatic heterocycles. The summed E-state index contributed by atoms with van der Waals surface area (Å²) in [7, 11) is 1.87. The van der Waals surface area contributed by atoms with Crippen LogP contribution in [0.5, 0.6) is 0 Å². The number of amides is 1. The highest BCUT2D eigenvalue weighted by Crippen LogP contribution is 2.32. The Hall–Kier alpha value is -2.15. The highest BCUT2D eigenvalue weighted by atomic mass is 16.6. The van der Waals surface area contributed by atoms with Gasteiger partial charge in [0.1, 0.15) is 5.69 Å². The van der Waals surface area contributed by atoms with Gasteiger partial charge in [-0.2, -0.15) is 0 Å². The maximum absolute atomic E-state index is 12.8. The number of likely N-dealkylation sites (tertiary alicyclic amines) is 1. The van der Waals surface area contributed by atoms with Crippen molar-refractivity contribution in [2.24, 2.45) is 0 Å². The van der Waals surface area contributed by atoms with Crippen LogP contribution in [0.3, 0.4) is 0 Å². The first-order chi connectivity index (χ1) is 11.6. The Bertz CT molecular complexity index is 628. The summed E-state index contributed by atoms with van der Waals surface area (Å²) in [5, 5.41) is 14.6. The Morgan fingerprint density at radius 2 is 2.04 bits per heavy atom. The molecule has 7 nitrogen and oxygen atoms in total. The number of nitro benzene ring substituents is 1. The van der Waals surface area contributed by atoms with Gasteiger partial charge >= 0.3 is 0 Å². The van der Waals surface area contributed by atoms with Crippen LogP contribution in [-0.4, -0.2) is 55.0 Å². The van der Waals surface area contributed by atoms with Gasteiger partial charge in [-0.25, -0.2) is 0 Å². The summed E-state index contributed by atoms with van der Waals surface area (Å²) in [6.07, 6.45) is 4.06. The fraction of sp³-hybridized carbons (Fsp3) is 0.588. The van der Waals surface area contributed by atoms with Gasteiger partial charge in [0.2, 0.25) is 0 Å². The molecular formula is C17H24N4O3. The van der Waals surface area contributed by atoms with Crippen LogP contribution in [0.4, 0.5) is 11.4 Å². The number of hydrogen-bond acceptors (Lipinski definition) is 5. The number of rotatable bonds is 5. The second-order valence-electron chi connectivity index (χ2n) is 6.51. The molecule has 1 atom stereocenters. The molecule has 1 aromatic carbocycles. The molecule has 7 heteroatoms. The maximum Gasteiger partial charge on any atom is 0.293 e. The van der Waals surface area contributed by atoms with Crippen molar-refractivity contribution in [3.05, 3.63) is 33.9 Å². The number of nitrogens with zero attached hydrogens (tertiary/aromatic N) is 3. The van der Waals surface area contributed by atoms with E-state index in [1.54, 1.807) is 12.1 Å². The van der Waals surface area contributed by atoms with E-state index in [2.05, 4.69) is 5.32 Å². The van der Waals surface area contributed by atoms with Crippen molar-refractivity contribution in [2.45, 2.75) is 31.7 Å². The summed E-state index contributed by atoms with van der Waals surface area (Å²) in [5.41, 5.74) is 1.07. The minimum absolute atomic E-state index is 0.0344. The van der Waals surface area contributed by atoms with E-state index >= 15 is 0 Å². The summed E-state index contributed by atoms with van der Waals surface area (Å²) in [6, 6.07) is 5.09. The zero-order valence-corrected chi connectivity index (χ0v) is 14.0. The fourth-order valence-electron chi connectivity index (χ4n) is 3.74. The predicted octanol–water partition coefficient (Wildman–Crippen LogP) is 2.02. The molecule has 2 heterocycles. The Kier molecular flexibility index (Phi) is 4.99. The van der Waals surface area contributed by atoms with E-state index in [1.165, 1.54) is 6.07 Å². The molecule has 1 amide bonds. The molecule has 2 aliphatic rings. The molecular weight excluding hydrogens is 308 g/mol. The summed E-state index contributed by atoms with van der Waals surface area (Å²) >= 11 is 0. The summed E-state index contributed by atoms with van der Waals surface area (Å²) in [4.78, 5) is 27.8. The van der Waals surface area contributed by atoms with Crippen LogP contribution < -0.4 is 10.2 Å². The Morgan fingerprint density at radius 3 is 2.71 bits per heavy atom. The topological polar surface area (TPSA) is 78.7 Å². The monoisotopic (exact) mass is 332 g/mol. The van der Waals surface area contributed by atoms with Gasteiger partial charge in [-0.1, -0.05) is 0 Å². The van der Waals surface area contributed by atoms with Crippen LogP contribution in [0.25, 0.3) is 0 Å². The number of carbonyl (C=O) groups is 1. The van der Waals surface area contributed by atoms with Crippen LogP contribution in [-0.2, 0) is 0 Å². The fourth-order valence-corrected chi connectivity index (χ4v) is 3.74. The first-order valence-electron chi connectivity index (χ1n) is 8.61. The largest absolute Gasteiger partial charge is 0.366 e. The van der Waals surface area contributed by atoms with Crippen molar-refractivity contribution < 1.29 is 9.72 Å². The third kappa shape index (κ3) is 3.21. The first-order valence-corrected chi connectivity index (χ1v) is 8.61. The SMILES string of the molecule is CNCC1CCCN1C(=O)c1ccc(N2CCCC2)c([N+](=O)[O-])c1. The molecule has 1 aromatic rings. The van der Waals surface area contributed by atoms with E-state index in [9.17, 15) is 14.9 Å². The van der Waals surface area contributed by atoms with Crippen LogP contribution in [0, 0.1) is 10.1 Å². The molecule has 130 valence electrons. The molecule has 0 radical (unpaired) electrons. The summed E-state index contributed by atoms with van der Waals surface area (Å²) < 4.78 is 0. The van der Waals surface area contributed by atoms with Gasteiger partial charge in [0.05, 0.1) is 4.92 Å². The Morgan fingerprint density at radius 1 is 1.29 bits per heavy atom. The van der Waals surface area contributed by atoms with Crippen LogP contribution in [0.2, 0.25) is 0 Å². The number of benzene rings is 1. The highest BCUT2D eigenvalue weighted by molar-refractivity contribution is 5.96. The summed E-state index contributed by atoms with van der Waals surface area (Å²) in [6.45, 7) is 3.14. The third-order valence-electron chi connectivity index (χ3n) is 4.94. The van der Waals surface area contributed by atoms with Crippen molar-refractivity contribution in [1.29, 1.82) is 0 Å². The molecule has 24 heavy (non-hydrogen) atoms. The van der Waals surface area contributed by atoms with E-state index in [0.717, 1.165) is 45.3 Å². The quantitative estimate of drug-likeness (QED) is 0.659. The smallest absolute Gasteiger partial charge is 0.293 e. The second kappa shape index (κ2) is 7.17. The van der Waals surface area contributed by atoms with Gasteiger partial charge in [-0.3, -0.25) is 14.9 Å². The van der Waals surface area contributed by atoms with Gasteiger partial charge in [0.15, 0.2) is 0 Å². The molecule has 2 saturated heterocycles. The minimum atomic E-state index is -0.375. The first kappa shape index (κ1) is 16.7. The Balaban J connectivity index is 1.86. The molecule has 0 saturated carbocycles. The van der Waals surface area contributed by atoms with E-state index in [4.69, 9.17) is 0 Å². The second-order valence-corrected chi connectivity index (χ2v) is 6.51. The number of nitro groups is 1. The maximum atomic E-state index is 12.8. The molecule has 2 aliphatic heterocycles. The van der Waals surface area contributed by atoms with Gasteiger partial charge in [0.25, 0.3) is 11.6 Å². The van der Waals surface area contributed by atoms with Crippen LogP contribution in [0.15, 0.2) is 18.2 Å². The number of nitrogens with one attached hydrogen (secondary N) is 1. The molecule has 1 N–H and O–H groups in total. The van der Waals surface area contributed by atoms with Crippen LogP contribution >= 0.6 is 0 Å². The standard InChI is InChI=1S/C17H24N4O3/c1-18-12-14-5-4-10-20(14)17(22)13-6-7-15(16(11-13)21(23)24)19-8-2-3-9-19/h6-7,11,14,18H,2-5,8-10,12H2,1H3. The van der Waals surface area contributed by atoms with Gasteiger partial charge in [-0.05, 0) is 44.9 Å². The molecule has 2 fully saturated rings. The zero-order chi connectivity index (χ0) is 17.1. The van der Waals surface area contributed by atoms with E-state index < -0.39 is 0 Å². The number of carbonyl (C=O) groups excluding carboxylic acids is 1. The van der Waals surface area contributed by atoms with Crippen molar-refractivity contribution in [2.75, 3.05) is 38.1 Å². The summed E-state index contributed by atoms with van der Waals surface area (Å²) in [5.74, 6) is -0.108. The van der Waals surface area contributed by atoms with Gasteiger partial charge in [-0.15, -0.1) is 0 Å². The van der Waals surface area contributed by atoms with E-state index in [1.807, 2.05) is 16.8 Å². The average Bonchev–Trinajstić information content (AvgIpc) is 3.25. The molecule has 3 rings (SSSR count). The van der Waals surface area contributed by atoms with E-state index in [-0.39, 0.29) is 22.6 Å². The lowest BCUT2D eigenvalue weighted by atomic mass is 10.1. The molecule has 1 unspecified atom stereocenters. The van der Waals surface area contributed by atoms with Crippen molar-refractivity contribution in [1.82, 2.24) is 10.2 Å². The zero-order valence-electron chi connectivity index (χ0n) is 14.0. The predicted molar refractivity (Wildman–Crippen MR) is 92.5 cm³/mol. The molecule has 0 bridgehead atoms. The molecule has 0 spiro atoms. The lowest BCUT2D eigenvalue weighted by Gasteiger charge is -2.25.